The third kappa shape index (κ3) is 4.58. The average Bonchev–Trinajstić information content (AvgIpc) is 3.07. The van der Waals surface area contributed by atoms with Crippen LogP contribution in [-0.4, -0.2) is 49.9 Å². The van der Waals surface area contributed by atoms with Crippen LogP contribution in [0.2, 0.25) is 0 Å². The molecule has 1 saturated heterocycles. The number of nitrogens with zero attached hydrogens (tertiary/aromatic N) is 1. The molecule has 122 valence electrons. The fourth-order valence-corrected chi connectivity index (χ4v) is 3.49. The summed E-state index contributed by atoms with van der Waals surface area (Å²) in [4.78, 5) is 26.1. The van der Waals surface area contributed by atoms with E-state index in [2.05, 4.69) is 10.6 Å². The highest BCUT2D eigenvalue weighted by molar-refractivity contribution is 5.85. The molecule has 1 unspecified atom stereocenters. The van der Waals surface area contributed by atoms with Crippen molar-refractivity contribution in [3.8, 4) is 0 Å². The van der Waals surface area contributed by atoms with Crippen molar-refractivity contribution in [2.45, 2.75) is 51.0 Å². The minimum absolute atomic E-state index is 0. The van der Waals surface area contributed by atoms with Crippen molar-refractivity contribution in [3.05, 3.63) is 0 Å². The first-order valence-corrected chi connectivity index (χ1v) is 7.75. The lowest BCUT2D eigenvalue weighted by Crippen LogP contribution is -2.47. The van der Waals surface area contributed by atoms with E-state index in [1.807, 2.05) is 0 Å². The number of carbonyl (C=O) groups is 2. The average molecular weight is 318 g/mol. The van der Waals surface area contributed by atoms with Crippen LogP contribution < -0.4 is 10.6 Å². The second-order valence-electron chi connectivity index (χ2n) is 6.46. The number of hydrogen-bond donors (Lipinski definition) is 2. The van der Waals surface area contributed by atoms with Crippen molar-refractivity contribution >= 4 is 24.2 Å². The summed E-state index contributed by atoms with van der Waals surface area (Å²) in [5, 5.41) is 6.33. The van der Waals surface area contributed by atoms with E-state index in [0.29, 0.717) is 19.0 Å². The Labute approximate surface area is 133 Å². The number of amides is 2. The molecular formula is C15H28ClN3O2. The van der Waals surface area contributed by atoms with Crippen molar-refractivity contribution < 1.29 is 9.59 Å². The third-order valence-electron chi connectivity index (χ3n) is 4.64. The Kier molecular flexibility index (Phi) is 6.94. The SMILES string of the molecule is CN(C)C(=O)C1(CNC(=O)CC2CCCN2)CCCC1.Cl. The monoisotopic (exact) mass is 317 g/mol. The highest BCUT2D eigenvalue weighted by Gasteiger charge is 2.42. The van der Waals surface area contributed by atoms with Gasteiger partial charge in [-0.3, -0.25) is 9.59 Å². The molecule has 2 N–H and O–H groups in total. The van der Waals surface area contributed by atoms with Gasteiger partial charge < -0.3 is 15.5 Å². The number of nitrogens with one attached hydrogen (secondary N) is 2. The van der Waals surface area contributed by atoms with Crippen LogP contribution in [0.4, 0.5) is 0 Å². The van der Waals surface area contributed by atoms with Gasteiger partial charge in [0.25, 0.3) is 0 Å². The van der Waals surface area contributed by atoms with E-state index in [-0.39, 0.29) is 29.6 Å². The summed E-state index contributed by atoms with van der Waals surface area (Å²) < 4.78 is 0. The molecule has 1 heterocycles. The first-order chi connectivity index (χ1) is 9.53. The quantitative estimate of drug-likeness (QED) is 0.804. The minimum atomic E-state index is -0.359. The molecule has 0 aromatic carbocycles. The highest BCUT2D eigenvalue weighted by Crippen LogP contribution is 2.38. The molecule has 21 heavy (non-hydrogen) atoms. The molecule has 1 saturated carbocycles. The summed E-state index contributed by atoms with van der Waals surface area (Å²) in [5.41, 5.74) is -0.359. The molecule has 2 rings (SSSR count). The van der Waals surface area contributed by atoms with Crippen molar-refractivity contribution in [2.24, 2.45) is 5.41 Å². The Morgan fingerprint density at radius 1 is 1.24 bits per heavy atom. The minimum Gasteiger partial charge on any atom is -0.355 e. The Morgan fingerprint density at radius 2 is 1.90 bits per heavy atom. The van der Waals surface area contributed by atoms with Crippen LogP contribution in [0, 0.1) is 5.41 Å². The first-order valence-electron chi connectivity index (χ1n) is 7.75. The molecule has 2 aliphatic rings. The zero-order valence-corrected chi connectivity index (χ0v) is 13.9. The molecule has 1 aliphatic carbocycles. The van der Waals surface area contributed by atoms with Crippen LogP contribution in [0.1, 0.15) is 44.9 Å². The van der Waals surface area contributed by atoms with E-state index >= 15 is 0 Å². The zero-order chi connectivity index (χ0) is 14.6. The van der Waals surface area contributed by atoms with E-state index in [9.17, 15) is 9.59 Å². The van der Waals surface area contributed by atoms with Gasteiger partial charge in [0.05, 0.1) is 5.41 Å². The maximum absolute atomic E-state index is 12.4. The van der Waals surface area contributed by atoms with Crippen LogP contribution in [0.25, 0.3) is 0 Å². The molecule has 2 fully saturated rings. The molecule has 0 aromatic rings. The van der Waals surface area contributed by atoms with Crippen molar-refractivity contribution in [2.75, 3.05) is 27.2 Å². The second kappa shape index (κ2) is 7.99. The van der Waals surface area contributed by atoms with Crippen LogP contribution in [-0.2, 0) is 9.59 Å². The normalized spacial score (nSPS) is 23.4. The molecule has 1 aliphatic heterocycles. The van der Waals surface area contributed by atoms with Gasteiger partial charge >= 0.3 is 0 Å². The number of halogens is 1. The number of carbonyl (C=O) groups excluding carboxylic acids is 2. The Morgan fingerprint density at radius 3 is 2.43 bits per heavy atom. The summed E-state index contributed by atoms with van der Waals surface area (Å²) in [7, 11) is 3.60. The lowest BCUT2D eigenvalue weighted by atomic mass is 9.84. The maximum atomic E-state index is 12.4. The van der Waals surface area contributed by atoms with Crippen LogP contribution in [0.5, 0.6) is 0 Å². The fourth-order valence-electron chi connectivity index (χ4n) is 3.49. The molecular weight excluding hydrogens is 290 g/mol. The van der Waals surface area contributed by atoms with E-state index in [4.69, 9.17) is 0 Å². The molecule has 0 spiro atoms. The van der Waals surface area contributed by atoms with Crippen molar-refractivity contribution in [3.63, 3.8) is 0 Å². The van der Waals surface area contributed by atoms with Gasteiger partial charge in [-0.2, -0.15) is 0 Å². The van der Waals surface area contributed by atoms with Gasteiger partial charge in [-0.15, -0.1) is 12.4 Å². The van der Waals surface area contributed by atoms with Gasteiger partial charge in [0.2, 0.25) is 11.8 Å². The predicted molar refractivity (Wildman–Crippen MR) is 85.5 cm³/mol. The third-order valence-corrected chi connectivity index (χ3v) is 4.64. The van der Waals surface area contributed by atoms with E-state index in [1.165, 1.54) is 0 Å². The Bertz CT molecular complexity index is 362. The smallest absolute Gasteiger partial charge is 0.230 e. The first kappa shape index (κ1) is 18.2. The van der Waals surface area contributed by atoms with E-state index in [0.717, 1.165) is 45.1 Å². The Hall–Kier alpha value is -0.810. The summed E-state index contributed by atoms with van der Waals surface area (Å²) in [6.07, 6.45) is 6.72. The second-order valence-corrected chi connectivity index (χ2v) is 6.46. The molecule has 2 amide bonds. The van der Waals surface area contributed by atoms with Gasteiger partial charge in [-0.1, -0.05) is 12.8 Å². The molecule has 1 atom stereocenters. The van der Waals surface area contributed by atoms with Gasteiger partial charge in [-0.25, -0.2) is 0 Å². The summed E-state index contributed by atoms with van der Waals surface area (Å²) in [6, 6.07) is 0.319. The lowest BCUT2D eigenvalue weighted by Gasteiger charge is -2.31. The topological polar surface area (TPSA) is 61.4 Å². The molecule has 0 aromatic heterocycles. The van der Waals surface area contributed by atoms with Gasteiger partial charge in [-0.05, 0) is 32.2 Å². The molecule has 0 bridgehead atoms. The highest BCUT2D eigenvalue weighted by atomic mass is 35.5. The largest absolute Gasteiger partial charge is 0.355 e. The summed E-state index contributed by atoms with van der Waals surface area (Å²) in [6.45, 7) is 1.51. The van der Waals surface area contributed by atoms with Gasteiger partial charge in [0.15, 0.2) is 0 Å². The van der Waals surface area contributed by atoms with Crippen molar-refractivity contribution in [1.82, 2.24) is 15.5 Å². The molecule has 5 nitrogen and oxygen atoms in total. The van der Waals surface area contributed by atoms with Crippen LogP contribution >= 0.6 is 12.4 Å². The van der Waals surface area contributed by atoms with Crippen LogP contribution in [0.3, 0.4) is 0 Å². The number of rotatable bonds is 5. The summed E-state index contributed by atoms with van der Waals surface area (Å²) >= 11 is 0. The lowest BCUT2D eigenvalue weighted by molar-refractivity contribution is -0.139. The van der Waals surface area contributed by atoms with Crippen molar-refractivity contribution in [1.29, 1.82) is 0 Å². The maximum Gasteiger partial charge on any atom is 0.230 e. The molecule has 6 heteroatoms. The van der Waals surface area contributed by atoms with E-state index in [1.54, 1.807) is 19.0 Å². The van der Waals surface area contributed by atoms with Crippen LogP contribution in [0.15, 0.2) is 0 Å². The standard InChI is InChI=1S/C15H27N3O2.ClH/c1-18(2)14(20)15(7-3-4-8-15)11-17-13(19)10-12-6-5-9-16-12;/h12,16H,3-11H2,1-2H3,(H,17,19);1H. The van der Waals surface area contributed by atoms with Gasteiger partial charge in [0, 0.05) is 33.1 Å². The fraction of sp³-hybridized carbons (Fsp3) is 0.867. The Balaban J connectivity index is 0.00000220. The van der Waals surface area contributed by atoms with E-state index < -0.39 is 0 Å². The van der Waals surface area contributed by atoms with Gasteiger partial charge in [0.1, 0.15) is 0 Å². The zero-order valence-electron chi connectivity index (χ0n) is 13.1. The number of hydrogen-bond acceptors (Lipinski definition) is 3. The predicted octanol–water partition coefficient (Wildman–Crippen LogP) is 1.32. The molecule has 0 radical (unpaired) electrons. The summed E-state index contributed by atoms with van der Waals surface area (Å²) in [5.74, 6) is 0.233.